The van der Waals surface area contributed by atoms with Crippen molar-refractivity contribution in [2.24, 2.45) is 17.6 Å². The lowest BCUT2D eigenvalue weighted by Crippen LogP contribution is -2.47. The van der Waals surface area contributed by atoms with Crippen LogP contribution in [0.5, 0.6) is 0 Å². The van der Waals surface area contributed by atoms with Gasteiger partial charge in [0.15, 0.2) is 0 Å². The van der Waals surface area contributed by atoms with Crippen LogP contribution in [0.1, 0.15) is 51.9 Å². The summed E-state index contributed by atoms with van der Waals surface area (Å²) < 4.78 is 5.50. The summed E-state index contributed by atoms with van der Waals surface area (Å²) in [6, 6.07) is 0.601. The Morgan fingerprint density at radius 2 is 1.95 bits per heavy atom. The molecule has 0 aliphatic carbocycles. The maximum atomic E-state index is 6.10. The molecule has 112 valence electrons. The van der Waals surface area contributed by atoms with Crippen LogP contribution >= 0.6 is 0 Å². The monoisotopic (exact) mass is 268 g/mol. The van der Waals surface area contributed by atoms with E-state index >= 15 is 0 Å². The first kappa shape index (κ1) is 15.3. The molecule has 2 atom stereocenters. The molecule has 2 aliphatic rings. The standard InChI is InChI=1S/C16H32N2O/c1-2-4-14-5-3-9-18(10-6-14)16(13-17)15-7-11-19-12-8-15/h14-16H,2-13,17H2,1H3. The van der Waals surface area contributed by atoms with Gasteiger partial charge in [0, 0.05) is 25.8 Å². The van der Waals surface area contributed by atoms with Gasteiger partial charge in [0.25, 0.3) is 0 Å². The average Bonchev–Trinajstić information content (AvgIpc) is 2.68. The van der Waals surface area contributed by atoms with E-state index in [-0.39, 0.29) is 0 Å². The van der Waals surface area contributed by atoms with Gasteiger partial charge in [-0.25, -0.2) is 0 Å². The summed E-state index contributed by atoms with van der Waals surface area (Å²) in [7, 11) is 0. The van der Waals surface area contributed by atoms with Crippen molar-refractivity contribution in [1.82, 2.24) is 4.90 Å². The maximum Gasteiger partial charge on any atom is 0.0469 e. The zero-order valence-corrected chi connectivity index (χ0v) is 12.7. The van der Waals surface area contributed by atoms with E-state index in [2.05, 4.69) is 11.8 Å². The number of hydrogen-bond acceptors (Lipinski definition) is 3. The molecule has 19 heavy (non-hydrogen) atoms. The SMILES string of the molecule is CCCC1CCCN(C(CN)C2CCOCC2)CC1. The number of rotatable bonds is 5. The van der Waals surface area contributed by atoms with Crippen molar-refractivity contribution >= 4 is 0 Å². The van der Waals surface area contributed by atoms with Crippen molar-refractivity contribution in [3.63, 3.8) is 0 Å². The fourth-order valence-electron chi connectivity index (χ4n) is 3.96. The molecule has 2 aliphatic heterocycles. The Morgan fingerprint density at radius 3 is 2.63 bits per heavy atom. The molecule has 0 aromatic carbocycles. The van der Waals surface area contributed by atoms with E-state index in [1.165, 1.54) is 58.0 Å². The molecular weight excluding hydrogens is 236 g/mol. The van der Waals surface area contributed by atoms with Crippen molar-refractivity contribution in [1.29, 1.82) is 0 Å². The fourth-order valence-corrected chi connectivity index (χ4v) is 3.96. The molecule has 3 nitrogen and oxygen atoms in total. The molecule has 2 N–H and O–H groups in total. The molecule has 0 bridgehead atoms. The summed E-state index contributed by atoms with van der Waals surface area (Å²) >= 11 is 0. The summed E-state index contributed by atoms with van der Waals surface area (Å²) in [6.45, 7) is 7.54. The van der Waals surface area contributed by atoms with Gasteiger partial charge in [0.05, 0.1) is 0 Å². The van der Waals surface area contributed by atoms with Gasteiger partial charge in [-0.1, -0.05) is 19.8 Å². The van der Waals surface area contributed by atoms with Gasteiger partial charge in [0.2, 0.25) is 0 Å². The molecule has 2 saturated heterocycles. The van der Waals surface area contributed by atoms with Gasteiger partial charge in [0.1, 0.15) is 0 Å². The van der Waals surface area contributed by atoms with Crippen molar-refractivity contribution in [3.05, 3.63) is 0 Å². The van der Waals surface area contributed by atoms with Crippen LogP contribution < -0.4 is 5.73 Å². The molecule has 3 heteroatoms. The fraction of sp³-hybridized carbons (Fsp3) is 1.00. The van der Waals surface area contributed by atoms with Crippen molar-refractivity contribution < 1.29 is 4.74 Å². The van der Waals surface area contributed by atoms with Gasteiger partial charge in [-0.2, -0.15) is 0 Å². The first-order valence-corrected chi connectivity index (χ1v) is 8.37. The molecule has 2 rings (SSSR count). The molecule has 2 unspecified atom stereocenters. The predicted molar refractivity (Wildman–Crippen MR) is 80.2 cm³/mol. The number of ether oxygens (including phenoxy) is 1. The molecule has 0 saturated carbocycles. The number of nitrogens with two attached hydrogens (primary N) is 1. The van der Waals surface area contributed by atoms with Crippen LogP contribution in [0.2, 0.25) is 0 Å². The molecule has 2 fully saturated rings. The van der Waals surface area contributed by atoms with Crippen LogP contribution in [0.15, 0.2) is 0 Å². The van der Waals surface area contributed by atoms with Crippen LogP contribution in [-0.2, 0) is 4.74 Å². The Labute approximate surface area is 118 Å². The molecule has 0 radical (unpaired) electrons. The summed E-state index contributed by atoms with van der Waals surface area (Å²) in [4.78, 5) is 2.70. The first-order valence-electron chi connectivity index (χ1n) is 8.37. The Kier molecular flexibility index (Phi) is 6.62. The summed E-state index contributed by atoms with van der Waals surface area (Å²) in [5.41, 5.74) is 6.10. The Hall–Kier alpha value is -0.120. The number of likely N-dealkylation sites (tertiary alicyclic amines) is 1. The lowest BCUT2D eigenvalue weighted by Gasteiger charge is -2.37. The second-order valence-electron chi connectivity index (χ2n) is 6.37. The normalized spacial score (nSPS) is 29.1. The minimum Gasteiger partial charge on any atom is -0.381 e. The summed E-state index contributed by atoms with van der Waals surface area (Å²) in [5.74, 6) is 1.73. The van der Waals surface area contributed by atoms with Gasteiger partial charge >= 0.3 is 0 Å². The van der Waals surface area contributed by atoms with Crippen LogP contribution in [0.3, 0.4) is 0 Å². The highest BCUT2D eigenvalue weighted by Gasteiger charge is 2.29. The first-order chi connectivity index (χ1) is 9.35. The zero-order chi connectivity index (χ0) is 13.5. The van der Waals surface area contributed by atoms with Crippen molar-refractivity contribution in [2.45, 2.75) is 57.9 Å². The van der Waals surface area contributed by atoms with Gasteiger partial charge < -0.3 is 10.5 Å². The zero-order valence-electron chi connectivity index (χ0n) is 12.7. The second-order valence-corrected chi connectivity index (χ2v) is 6.37. The highest BCUT2D eigenvalue weighted by Crippen LogP contribution is 2.27. The summed E-state index contributed by atoms with van der Waals surface area (Å²) in [6.07, 6.45) is 9.34. The molecule has 0 spiro atoms. The molecule has 0 aromatic heterocycles. The van der Waals surface area contributed by atoms with Crippen molar-refractivity contribution in [2.75, 3.05) is 32.8 Å². The van der Waals surface area contributed by atoms with E-state index < -0.39 is 0 Å². The van der Waals surface area contributed by atoms with Crippen LogP contribution in [-0.4, -0.2) is 43.8 Å². The molecule has 0 aromatic rings. The van der Waals surface area contributed by atoms with E-state index in [1.807, 2.05) is 0 Å². The minimum absolute atomic E-state index is 0.601. The summed E-state index contributed by atoms with van der Waals surface area (Å²) in [5, 5.41) is 0. The lowest BCUT2D eigenvalue weighted by atomic mass is 9.90. The predicted octanol–water partition coefficient (Wildman–Crippen LogP) is 2.64. The van der Waals surface area contributed by atoms with E-state index in [1.54, 1.807) is 0 Å². The number of hydrogen-bond donors (Lipinski definition) is 1. The van der Waals surface area contributed by atoms with Gasteiger partial charge in [-0.15, -0.1) is 0 Å². The quantitative estimate of drug-likeness (QED) is 0.833. The highest BCUT2D eigenvalue weighted by molar-refractivity contribution is 4.84. The van der Waals surface area contributed by atoms with E-state index in [4.69, 9.17) is 10.5 Å². The Balaban J connectivity index is 1.87. The van der Waals surface area contributed by atoms with Crippen molar-refractivity contribution in [3.8, 4) is 0 Å². The molecular formula is C16H32N2O. The lowest BCUT2D eigenvalue weighted by molar-refractivity contribution is 0.0281. The highest BCUT2D eigenvalue weighted by atomic mass is 16.5. The topological polar surface area (TPSA) is 38.5 Å². The van der Waals surface area contributed by atoms with Crippen LogP contribution in [0.4, 0.5) is 0 Å². The second kappa shape index (κ2) is 8.23. The maximum absolute atomic E-state index is 6.10. The van der Waals surface area contributed by atoms with Gasteiger partial charge in [-0.05, 0) is 57.0 Å². The smallest absolute Gasteiger partial charge is 0.0469 e. The molecule has 0 amide bonds. The van der Waals surface area contributed by atoms with Gasteiger partial charge in [-0.3, -0.25) is 4.90 Å². The average molecular weight is 268 g/mol. The Morgan fingerprint density at radius 1 is 1.16 bits per heavy atom. The van der Waals surface area contributed by atoms with E-state index in [9.17, 15) is 0 Å². The third-order valence-electron chi connectivity index (χ3n) is 5.10. The van der Waals surface area contributed by atoms with E-state index in [0.717, 1.165) is 31.6 Å². The third kappa shape index (κ3) is 4.44. The van der Waals surface area contributed by atoms with E-state index in [0.29, 0.717) is 6.04 Å². The Bertz CT molecular complexity index is 241. The number of nitrogens with zero attached hydrogens (tertiary/aromatic N) is 1. The molecule has 2 heterocycles. The minimum atomic E-state index is 0.601. The third-order valence-corrected chi connectivity index (χ3v) is 5.10. The largest absolute Gasteiger partial charge is 0.381 e. The van der Waals surface area contributed by atoms with Crippen LogP contribution in [0.25, 0.3) is 0 Å². The van der Waals surface area contributed by atoms with Crippen LogP contribution in [0, 0.1) is 11.8 Å².